The largest absolute Gasteiger partial charge is 0.469 e. The third-order valence-corrected chi connectivity index (χ3v) is 3.55. The van der Waals surface area contributed by atoms with Gasteiger partial charge in [-0.1, -0.05) is 30.3 Å². The molecule has 132 valence electrons. The van der Waals surface area contributed by atoms with Crippen LogP contribution in [0.5, 0.6) is 0 Å². The van der Waals surface area contributed by atoms with Gasteiger partial charge in [-0.05, 0) is 12.0 Å². The van der Waals surface area contributed by atoms with Crippen molar-refractivity contribution in [2.45, 2.75) is 25.4 Å². The highest BCUT2D eigenvalue weighted by molar-refractivity contribution is 5.78. The lowest BCUT2D eigenvalue weighted by molar-refractivity contribution is -0.151. The summed E-state index contributed by atoms with van der Waals surface area (Å²) in [5.74, 6) is -1.42. The quantitative estimate of drug-likeness (QED) is 0.494. The summed E-state index contributed by atoms with van der Waals surface area (Å²) in [6.07, 6.45) is 0.228. The Bertz CT molecular complexity index is 545. The number of nitrogens with zero attached hydrogens (tertiary/aromatic N) is 1. The van der Waals surface area contributed by atoms with Gasteiger partial charge in [0.15, 0.2) is 0 Å². The molecule has 0 N–H and O–H groups in total. The molecule has 0 aliphatic rings. The fraction of sp³-hybridized carbons (Fsp3) is 0.471. The lowest BCUT2D eigenvalue weighted by Crippen LogP contribution is -2.44. The molecule has 1 aromatic carbocycles. The van der Waals surface area contributed by atoms with Crippen LogP contribution in [0, 0.1) is 0 Å². The summed E-state index contributed by atoms with van der Waals surface area (Å²) in [5, 5.41) is 0. The Balaban J connectivity index is 2.96. The van der Waals surface area contributed by atoms with Crippen LogP contribution in [-0.2, 0) is 35.1 Å². The minimum Gasteiger partial charge on any atom is -0.469 e. The predicted molar refractivity (Wildman–Crippen MR) is 85.9 cm³/mol. The van der Waals surface area contributed by atoms with E-state index >= 15 is 0 Å². The van der Waals surface area contributed by atoms with E-state index in [-0.39, 0.29) is 19.4 Å². The molecule has 7 heteroatoms. The van der Waals surface area contributed by atoms with Crippen molar-refractivity contribution < 1.29 is 28.6 Å². The zero-order valence-electron chi connectivity index (χ0n) is 14.2. The maximum atomic E-state index is 12.1. The van der Waals surface area contributed by atoms with Crippen LogP contribution in [0.3, 0.4) is 0 Å². The predicted octanol–water partition coefficient (Wildman–Crippen LogP) is 1.16. The minimum absolute atomic E-state index is 0.0444. The van der Waals surface area contributed by atoms with E-state index in [4.69, 9.17) is 9.47 Å². The number of esters is 3. The second-order valence-corrected chi connectivity index (χ2v) is 5.12. The average molecular weight is 337 g/mol. The first kappa shape index (κ1) is 19.6. The van der Waals surface area contributed by atoms with Crippen molar-refractivity contribution in [3.8, 4) is 0 Å². The number of carbonyl (C=O) groups excluding carboxylic acids is 3. The Labute approximate surface area is 141 Å². The number of hydrogen-bond donors (Lipinski definition) is 0. The van der Waals surface area contributed by atoms with Crippen LogP contribution in [0.25, 0.3) is 0 Å². The molecule has 1 atom stereocenters. The van der Waals surface area contributed by atoms with Crippen molar-refractivity contribution in [1.82, 2.24) is 4.90 Å². The average Bonchev–Trinajstić information content (AvgIpc) is 2.61. The molecule has 1 aromatic rings. The van der Waals surface area contributed by atoms with Gasteiger partial charge in [-0.25, -0.2) is 0 Å². The Morgan fingerprint density at radius 2 is 1.58 bits per heavy atom. The molecule has 1 rings (SSSR count). The minimum atomic E-state index is -0.756. The van der Waals surface area contributed by atoms with E-state index in [1.54, 1.807) is 4.90 Å². The highest BCUT2D eigenvalue weighted by Crippen LogP contribution is 2.15. The van der Waals surface area contributed by atoms with Gasteiger partial charge in [0.2, 0.25) is 0 Å². The third-order valence-electron chi connectivity index (χ3n) is 3.55. The van der Waals surface area contributed by atoms with Gasteiger partial charge in [0.25, 0.3) is 0 Å². The van der Waals surface area contributed by atoms with Crippen molar-refractivity contribution in [2.75, 3.05) is 27.9 Å². The molecule has 0 bridgehead atoms. The van der Waals surface area contributed by atoms with Gasteiger partial charge >= 0.3 is 17.9 Å². The number of benzene rings is 1. The van der Waals surface area contributed by atoms with Crippen LogP contribution in [0.15, 0.2) is 30.3 Å². The fourth-order valence-corrected chi connectivity index (χ4v) is 2.27. The number of carbonyl (C=O) groups is 3. The number of rotatable bonds is 9. The Morgan fingerprint density at radius 3 is 2.12 bits per heavy atom. The molecule has 0 unspecified atom stereocenters. The highest BCUT2D eigenvalue weighted by atomic mass is 16.5. The van der Waals surface area contributed by atoms with Crippen LogP contribution in [-0.4, -0.2) is 56.7 Å². The fourth-order valence-electron chi connectivity index (χ4n) is 2.27. The smallest absolute Gasteiger partial charge is 0.323 e. The zero-order chi connectivity index (χ0) is 17.9. The van der Waals surface area contributed by atoms with Crippen LogP contribution >= 0.6 is 0 Å². The topological polar surface area (TPSA) is 82.1 Å². The Hall–Kier alpha value is -2.41. The molecule has 0 aliphatic carbocycles. The molecule has 0 fully saturated rings. The summed E-state index contributed by atoms with van der Waals surface area (Å²) in [5.41, 5.74) is 0.924. The Morgan fingerprint density at radius 1 is 0.958 bits per heavy atom. The van der Waals surface area contributed by atoms with E-state index in [1.807, 2.05) is 30.3 Å². The molecular weight excluding hydrogens is 314 g/mol. The first-order valence-corrected chi connectivity index (χ1v) is 7.51. The van der Waals surface area contributed by atoms with E-state index in [0.29, 0.717) is 6.54 Å². The van der Waals surface area contributed by atoms with Crippen molar-refractivity contribution in [2.24, 2.45) is 0 Å². The zero-order valence-corrected chi connectivity index (χ0v) is 14.2. The lowest BCUT2D eigenvalue weighted by Gasteiger charge is -2.28. The summed E-state index contributed by atoms with van der Waals surface area (Å²) >= 11 is 0. The second kappa shape index (κ2) is 10.4. The summed E-state index contributed by atoms with van der Waals surface area (Å²) < 4.78 is 14.1. The second-order valence-electron chi connectivity index (χ2n) is 5.12. The summed E-state index contributed by atoms with van der Waals surface area (Å²) in [6, 6.07) is 8.63. The monoisotopic (exact) mass is 337 g/mol. The van der Waals surface area contributed by atoms with E-state index in [2.05, 4.69) is 4.74 Å². The van der Waals surface area contributed by atoms with Crippen LogP contribution in [0.2, 0.25) is 0 Å². The molecule has 24 heavy (non-hydrogen) atoms. The van der Waals surface area contributed by atoms with Gasteiger partial charge in [-0.3, -0.25) is 19.3 Å². The molecule has 0 saturated heterocycles. The normalized spacial score (nSPS) is 11.7. The molecular formula is C17H23NO6. The first-order valence-electron chi connectivity index (χ1n) is 7.51. The summed E-state index contributed by atoms with van der Waals surface area (Å²) in [4.78, 5) is 36.9. The maximum Gasteiger partial charge on any atom is 0.323 e. The van der Waals surface area contributed by atoms with Crippen molar-refractivity contribution >= 4 is 17.9 Å². The molecule has 0 heterocycles. The molecule has 7 nitrogen and oxygen atoms in total. The van der Waals surface area contributed by atoms with E-state index in [0.717, 1.165) is 5.56 Å². The van der Waals surface area contributed by atoms with Gasteiger partial charge < -0.3 is 14.2 Å². The van der Waals surface area contributed by atoms with Gasteiger partial charge in [-0.15, -0.1) is 0 Å². The van der Waals surface area contributed by atoms with Gasteiger partial charge in [-0.2, -0.15) is 0 Å². The lowest BCUT2D eigenvalue weighted by atomic mass is 10.1. The van der Waals surface area contributed by atoms with Gasteiger partial charge in [0.05, 0.1) is 27.9 Å². The van der Waals surface area contributed by atoms with Crippen molar-refractivity contribution in [1.29, 1.82) is 0 Å². The highest BCUT2D eigenvalue weighted by Gasteiger charge is 2.29. The van der Waals surface area contributed by atoms with E-state index in [1.165, 1.54) is 21.3 Å². The molecule has 0 aliphatic heterocycles. The molecule has 0 spiro atoms. The number of ether oxygens (including phenoxy) is 3. The van der Waals surface area contributed by atoms with Crippen molar-refractivity contribution in [3.05, 3.63) is 35.9 Å². The molecule has 0 amide bonds. The third kappa shape index (κ3) is 6.37. The van der Waals surface area contributed by atoms with Crippen molar-refractivity contribution in [3.63, 3.8) is 0 Å². The summed E-state index contributed by atoms with van der Waals surface area (Å²) in [7, 11) is 3.84. The summed E-state index contributed by atoms with van der Waals surface area (Å²) in [6.45, 7) is 0.253. The van der Waals surface area contributed by atoms with Crippen LogP contribution in [0.4, 0.5) is 0 Å². The molecule has 0 saturated carbocycles. The number of hydrogen-bond acceptors (Lipinski definition) is 7. The van der Waals surface area contributed by atoms with Gasteiger partial charge in [0.1, 0.15) is 6.04 Å². The molecule has 0 aromatic heterocycles. The van der Waals surface area contributed by atoms with E-state index in [9.17, 15) is 14.4 Å². The van der Waals surface area contributed by atoms with E-state index < -0.39 is 23.9 Å². The van der Waals surface area contributed by atoms with Crippen LogP contribution < -0.4 is 0 Å². The standard InChI is InChI=1S/C17H23NO6/c1-22-15(19)10-9-14(17(21)24-3)18(12-16(20)23-2)11-13-7-5-4-6-8-13/h4-8,14H,9-12H2,1-3H3/t14-/m1/s1. The van der Waals surface area contributed by atoms with Gasteiger partial charge in [0, 0.05) is 13.0 Å². The molecule has 0 radical (unpaired) electrons. The maximum absolute atomic E-state index is 12.1. The Kier molecular flexibility index (Phi) is 8.49. The number of methoxy groups -OCH3 is 3. The van der Waals surface area contributed by atoms with Crippen LogP contribution in [0.1, 0.15) is 18.4 Å². The SMILES string of the molecule is COC(=O)CC[C@H](C(=O)OC)N(CC(=O)OC)Cc1ccccc1. The first-order chi connectivity index (χ1) is 11.5.